The van der Waals surface area contributed by atoms with Crippen molar-refractivity contribution in [1.29, 1.82) is 0 Å². The first-order valence-electron chi connectivity index (χ1n) is 7.00. The second-order valence-corrected chi connectivity index (χ2v) is 6.21. The third-order valence-electron chi connectivity index (χ3n) is 3.59. The summed E-state index contributed by atoms with van der Waals surface area (Å²) < 4.78 is 38.5. The van der Waals surface area contributed by atoms with Crippen LogP contribution in [0.4, 0.5) is 13.2 Å². The van der Waals surface area contributed by atoms with Crippen LogP contribution in [0, 0.1) is 0 Å². The maximum Gasteiger partial charge on any atom is 0.433 e. The standard InChI is InChI=1S/C14H10F3N3O4S/c15-14(16,17)8-3-7(21)5-4-25-11(10(5)19-8)13(24)18-6-1-2-9(22)20-12(6)23/h3-4,6,21H,1-2H2,(H,18,24)(H,20,22,23). The molecule has 132 valence electrons. The van der Waals surface area contributed by atoms with E-state index in [1.54, 1.807) is 0 Å². The van der Waals surface area contributed by atoms with Gasteiger partial charge in [-0.05, 0) is 6.42 Å². The Morgan fingerprint density at radius 3 is 2.76 bits per heavy atom. The van der Waals surface area contributed by atoms with Crippen molar-refractivity contribution in [3.8, 4) is 5.75 Å². The summed E-state index contributed by atoms with van der Waals surface area (Å²) in [6.07, 6.45) is -4.66. The molecule has 1 aliphatic heterocycles. The summed E-state index contributed by atoms with van der Waals surface area (Å²) in [6, 6.07) is -0.488. The van der Waals surface area contributed by atoms with Gasteiger partial charge in [-0.1, -0.05) is 0 Å². The SMILES string of the molecule is O=C1CCC(NC(=O)c2scc3c(O)cc(C(F)(F)F)nc23)C(=O)N1. The van der Waals surface area contributed by atoms with Crippen molar-refractivity contribution < 1.29 is 32.7 Å². The third-order valence-corrected chi connectivity index (χ3v) is 4.56. The van der Waals surface area contributed by atoms with Crippen molar-refractivity contribution >= 4 is 40.0 Å². The molecule has 1 fully saturated rings. The van der Waals surface area contributed by atoms with E-state index in [2.05, 4.69) is 15.6 Å². The van der Waals surface area contributed by atoms with Crippen molar-refractivity contribution in [1.82, 2.24) is 15.6 Å². The van der Waals surface area contributed by atoms with Crippen LogP contribution in [0.15, 0.2) is 11.4 Å². The fourth-order valence-electron chi connectivity index (χ4n) is 2.37. The summed E-state index contributed by atoms with van der Waals surface area (Å²) in [7, 11) is 0. The lowest BCUT2D eigenvalue weighted by Gasteiger charge is -2.21. The quantitative estimate of drug-likeness (QED) is 0.693. The highest BCUT2D eigenvalue weighted by atomic mass is 32.1. The van der Waals surface area contributed by atoms with Crippen molar-refractivity contribution in [3.05, 3.63) is 22.0 Å². The number of aromatic hydroxyl groups is 1. The van der Waals surface area contributed by atoms with Gasteiger partial charge >= 0.3 is 6.18 Å². The summed E-state index contributed by atoms with van der Waals surface area (Å²) in [5.74, 6) is -2.59. The maximum atomic E-state index is 12.8. The zero-order valence-corrected chi connectivity index (χ0v) is 13.1. The van der Waals surface area contributed by atoms with Gasteiger partial charge in [0.15, 0.2) is 0 Å². The highest BCUT2D eigenvalue weighted by molar-refractivity contribution is 7.13. The van der Waals surface area contributed by atoms with E-state index in [-0.39, 0.29) is 28.6 Å². The zero-order chi connectivity index (χ0) is 18.4. The fraction of sp³-hybridized carbons (Fsp3) is 0.286. The Hall–Kier alpha value is -2.69. The number of hydrogen-bond donors (Lipinski definition) is 3. The lowest BCUT2D eigenvalue weighted by Crippen LogP contribution is -2.52. The van der Waals surface area contributed by atoms with Gasteiger partial charge in [-0.3, -0.25) is 19.7 Å². The van der Waals surface area contributed by atoms with Crippen LogP contribution >= 0.6 is 11.3 Å². The fourth-order valence-corrected chi connectivity index (χ4v) is 3.27. The van der Waals surface area contributed by atoms with Crippen LogP contribution in [0.5, 0.6) is 5.75 Å². The average molecular weight is 373 g/mol. The molecule has 0 saturated carbocycles. The molecule has 3 heterocycles. The predicted octanol–water partition coefficient (Wildman–Crippen LogP) is 1.56. The smallest absolute Gasteiger partial charge is 0.433 e. The number of rotatable bonds is 2. The molecule has 3 amide bonds. The number of halogens is 3. The molecule has 0 bridgehead atoms. The van der Waals surface area contributed by atoms with E-state index in [9.17, 15) is 32.7 Å². The number of aromatic nitrogens is 1. The van der Waals surface area contributed by atoms with Crippen LogP contribution < -0.4 is 10.6 Å². The molecule has 2 aromatic heterocycles. The molecule has 2 aromatic rings. The number of nitrogens with zero attached hydrogens (tertiary/aromatic N) is 1. The van der Waals surface area contributed by atoms with Gasteiger partial charge in [-0.15, -0.1) is 11.3 Å². The summed E-state index contributed by atoms with van der Waals surface area (Å²) in [5, 5.41) is 15.5. The molecule has 1 unspecified atom stereocenters. The maximum absolute atomic E-state index is 12.8. The molecule has 7 nitrogen and oxygen atoms in total. The van der Waals surface area contributed by atoms with Gasteiger partial charge in [0, 0.05) is 17.9 Å². The number of nitrogens with one attached hydrogen (secondary N) is 2. The molecule has 3 N–H and O–H groups in total. The highest BCUT2D eigenvalue weighted by Gasteiger charge is 2.35. The molecule has 25 heavy (non-hydrogen) atoms. The Bertz CT molecular complexity index is 893. The second-order valence-electron chi connectivity index (χ2n) is 5.33. The molecule has 1 aliphatic rings. The monoisotopic (exact) mass is 373 g/mol. The highest BCUT2D eigenvalue weighted by Crippen LogP contribution is 2.36. The molecule has 0 aliphatic carbocycles. The number of carbonyl (C=O) groups is 3. The topological polar surface area (TPSA) is 108 Å². The molecule has 1 atom stereocenters. The summed E-state index contributed by atoms with van der Waals surface area (Å²) in [6.45, 7) is 0. The Balaban J connectivity index is 1.93. The van der Waals surface area contributed by atoms with Crippen molar-refractivity contribution in [3.63, 3.8) is 0 Å². The normalized spacial score (nSPS) is 18.3. The molecule has 1 saturated heterocycles. The Morgan fingerprint density at radius 1 is 1.40 bits per heavy atom. The van der Waals surface area contributed by atoms with E-state index < -0.39 is 41.4 Å². The first-order valence-corrected chi connectivity index (χ1v) is 7.87. The van der Waals surface area contributed by atoms with E-state index in [0.29, 0.717) is 6.07 Å². The average Bonchev–Trinajstić information content (AvgIpc) is 2.93. The van der Waals surface area contributed by atoms with Crippen molar-refractivity contribution in [2.24, 2.45) is 0 Å². The molecule has 0 radical (unpaired) electrons. The molecule has 3 rings (SSSR count). The molecule has 11 heteroatoms. The second kappa shape index (κ2) is 5.99. The number of imide groups is 1. The van der Waals surface area contributed by atoms with Crippen LogP contribution in [0.25, 0.3) is 10.9 Å². The van der Waals surface area contributed by atoms with Gasteiger partial charge in [0.25, 0.3) is 5.91 Å². The zero-order valence-electron chi connectivity index (χ0n) is 12.3. The number of hydrogen-bond acceptors (Lipinski definition) is 6. The first kappa shape index (κ1) is 17.1. The minimum absolute atomic E-state index is 0.00595. The number of piperidine rings is 1. The van der Waals surface area contributed by atoms with Gasteiger partial charge in [-0.25, -0.2) is 4.98 Å². The number of pyridine rings is 1. The van der Waals surface area contributed by atoms with Crippen LogP contribution in [0.3, 0.4) is 0 Å². The van der Waals surface area contributed by atoms with E-state index in [0.717, 1.165) is 11.3 Å². The molecule has 0 aromatic carbocycles. The van der Waals surface area contributed by atoms with Crippen molar-refractivity contribution in [2.75, 3.05) is 0 Å². The van der Waals surface area contributed by atoms with Crippen LogP contribution in [0.2, 0.25) is 0 Å². The lowest BCUT2D eigenvalue weighted by atomic mass is 10.1. The van der Waals surface area contributed by atoms with Gasteiger partial charge in [0.2, 0.25) is 11.8 Å². The van der Waals surface area contributed by atoms with Gasteiger partial charge in [-0.2, -0.15) is 13.2 Å². The van der Waals surface area contributed by atoms with Gasteiger partial charge in [0.1, 0.15) is 22.4 Å². The number of amides is 3. The van der Waals surface area contributed by atoms with E-state index >= 15 is 0 Å². The summed E-state index contributed by atoms with van der Waals surface area (Å²) >= 11 is 0.794. The minimum Gasteiger partial charge on any atom is -0.507 e. The van der Waals surface area contributed by atoms with Gasteiger partial charge < -0.3 is 10.4 Å². The van der Waals surface area contributed by atoms with Gasteiger partial charge in [0.05, 0.1) is 10.9 Å². The van der Waals surface area contributed by atoms with E-state index in [1.807, 2.05) is 0 Å². The van der Waals surface area contributed by atoms with E-state index in [4.69, 9.17) is 0 Å². The van der Waals surface area contributed by atoms with Crippen molar-refractivity contribution in [2.45, 2.75) is 25.1 Å². The van der Waals surface area contributed by atoms with Crippen LogP contribution in [0.1, 0.15) is 28.2 Å². The van der Waals surface area contributed by atoms with Crippen LogP contribution in [-0.4, -0.2) is 33.9 Å². The number of fused-ring (bicyclic) bond motifs is 1. The molecular weight excluding hydrogens is 363 g/mol. The Labute approximate surface area is 141 Å². The largest absolute Gasteiger partial charge is 0.507 e. The van der Waals surface area contributed by atoms with Crippen LogP contribution in [-0.2, 0) is 15.8 Å². The summed E-state index contributed by atoms with van der Waals surface area (Å²) in [4.78, 5) is 38.3. The first-order chi connectivity index (χ1) is 11.7. The lowest BCUT2D eigenvalue weighted by molar-refractivity contribution is -0.141. The Kier molecular flexibility index (Phi) is 4.11. The van der Waals surface area contributed by atoms with E-state index in [1.165, 1.54) is 5.38 Å². The molecule has 0 spiro atoms. The minimum atomic E-state index is -4.79. The number of carbonyl (C=O) groups excluding carboxylic acids is 3. The predicted molar refractivity (Wildman–Crippen MR) is 79.9 cm³/mol. The summed E-state index contributed by atoms with van der Waals surface area (Å²) in [5.41, 5.74) is -1.63. The Morgan fingerprint density at radius 2 is 2.12 bits per heavy atom. The number of alkyl halides is 3. The molecular formula is C14H10F3N3O4S. The third kappa shape index (κ3) is 3.27. The number of thiophene rings is 1.